The van der Waals surface area contributed by atoms with Gasteiger partial charge in [-0.1, -0.05) is 23.8 Å². The smallest absolute Gasteiger partial charge is 0.410 e. The first-order valence-electron chi connectivity index (χ1n) is 14.4. The molecule has 3 aromatic rings. The molecular formula is C29H40N8O6. The number of amides is 2. The molecule has 0 unspecified atom stereocenters. The van der Waals surface area contributed by atoms with Crippen LogP contribution in [0.25, 0.3) is 22.5 Å². The Morgan fingerprint density at radius 1 is 0.930 bits per heavy atom. The summed E-state index contributed by atoms with van der Waals surface area (Å²) in [5.41, 5.74) is 1.99. The maximum absolute atomic E-state index is 13.8. The van der Waals surface area contributed by atoms with Crippen molar-refractivity contribution < 1.29 is 29.0 Å². The number of benzene rings is 1. The molecule has 1 aromatic carbocycles. The Morgan fingerprint density at radius 3 is 2.02 bits per heavy atom. The van der Waals surface area contributed by atoms with Crippen LogP contribution in [0, 0.1) is 0 Å². The number of rotatable bonds is 9. The highest BCUT2D eigenvalue weighted by atomic mass is 16.6. The first kappa shape index (κ1) is 31.6. The van der Waals surface area contributed by atoms with Crippen LogP contribution in [0.2, 0.25) is 0 Å². The largest absolute Gasteiger partial charge is 0.467 e. The third-order valence-electron chi connectivity index (χ3n) is 7.13. The molecule has 1 saturated heterocycles. The second-order valence-electron chi connectivity index (χ2n) is 11.6. The Morgan fingerprint density at radius 2 is 1.49 bits per heavy atom. The van der Waals surface area contributed by atoms with Crippen molar-refractivity contribution in [2.24, 2.45) is 0 Å². The van der Waals surface area contributed by atoms with Crippen LogP contribution in [0.1, 0.15) is 69.9 Å². The Balaban J connectivity index is 1.65. The van der Waals surface area contributed by atoms with Crippen LogP contribution < -0.4 is 0 Å². The maximum Gasteiger partial charge on any atom is 0.410 e. The lowest BCUT2D eigenvalue weighted by molar-refractivity contribution is -0.146. The number of carbonyl (C=O) groups excluding carboxylic acids is 3. The van der Waals surface area contributed by atoms with Gasteiger partial charge in [0.15, 0.2) is 6.04 Å². The van der Waals surface area contributed by atoms with Crippen LogP contribution in [-0.2, 0) is 14.3 Å². The van der Waals surface area contributed by atoms with E-state index in [1.54, 1.807) is 26.6 Å². The average molecular weight is 597 g/mol. The molecule has 2 atom stereocenters. The van der Waals surface area contributed by atoms with Gasteiger partial charge in [-0.05, 0) is 52.3 Å². The normalized spacial score (nSPS) is 15.2. The zero-order chi connectivity index (χ0) is 31.3. The van der Waals surface area contributed by atoms with E-state index in [-0.39, 0.29) is 11.9 Å². The van der Waals surface area contributed by atoms with Crippen molar-refractivity contribution in [1.82, 2.24) is 39.8 Å². The summed E-state index contributed by atoms with van der Waals surface area (Å²) in [6, 6.07) is 4.40. The van der Waals surface area contributed by atoms with Crippen molar-refractivity contribution in [1.29, 1.82) is 0 Å². The molecule has 0 bridgehead atoms. The number of methoxy groups -OCH3 is 1. The lowest BCUT2D eigenvalue weighted by atomic mass is 10.0. The predicted molar refractivity (Wildman–Crippen MR) is 156 cm³/mol. The zero-order valence-corrected chi connectivity index (χ0v) is 25.6. The molecule has 1 aliphatic rings. The highest BCUT2D eigenvalue weighted by Gasteiger charge is 2.29. The molecule has 1 N–H and O–H groups in total. The number of aliphatic hydroxyl groups excluding tert-OH is 1. The zero-order valence-electron chi connectivity index (χ0n) is 25.6. The van der Waals surface area contributed by atoms with E-state index in [4.69, 9.17) is 9.47 Å². The van der Waals surface area contributed by atoms with Gasteiger partial charge in [0.25, 0.3) is 5.91 Å². The summed E-state index contributed by atoms with van der Waals surface area (Å²) >= 11 is 0. The highest BCUT2D eigenvalue weighted by Crippen LogP contribution is 2.28. The monoisotopic (exact) mass is 596 g/mol. The summed E-state index contributed by atoms with van der Waals surface area (Å²) in [4.78, 5) is 41.7. The van der Waals surface area contributed by atoms with Crippen LogP contribution >= 0.6 is 0 Å². The van der Waals surface area contributed by atoms with E-state index in [1.165, 1.54) is 18.0 Å². The van der Waals surface area contributed by atoms with Gasteiger partial charge in [0, 0.05) is 42.9 Å². The first-order valence-corrected chi connectivity index (χ1v) is 14.4. The molecule has 2 amide bonds. The number of carbonyl (C=O) groups is 3. The van der Waals surface area contributed by atoms with Gasteiger partial charge < -0.3 is 24.4 Å². The second kappa shape index (κ2) is 13.3. The number of esters is 1. The molecule has 4 rings (SSSR count). The van der Waals surface area contributed by atoms with Gasteiger partial charge in [-0.15, -0.1) is 10.2 Å². The van der Waals surface area contributed by atoms with Crippen molar-refractivity contribution in [3.63, 3.8) is 0 Å². The number of nitrogens with zero attached hydrogens (tertiary/aromatic N) is 8. The molecular weight excluding hydrogens is 556 g/mol. The van der Waals surface area contributed by atoms with Gasteiger partial charge in [0.1, 0.15) is 17.0 Å². The van der Waals surface area contributed by atoms with Crippen molar-refractivity contribution >= 4 is 18.0 Å². The highest BCUT2D eigenvalue weighted by molar-refractivity contribution is 5.97. The summed E-state index contributed by atoms with van der Waals surface area (Å²) < 4.78 is 13.3. The topological polar surface area (TPSA) is 158 Å². The van der Waals surface area contributed by atoms with Crippen LogP contribution in [0.5, 0.6) is 0 Å². The SMILES string of the molecule is CCC[C@@H](C)n1cc(-c2cc(C(=O)N3CCN(C(=O)OC(C)(C)C)CC3)cc(-c3cn([C@@H](CO)C(=O)OC)nn3)c2)nn1. The quantitative estimate of drug-likeness (QED) is 0.364. The third-order valence-corrected chi connectivity index (χ3v) is 7.13. The first-order chi connectivity index (χ1) is 20.4. The Kier molecular flexibility index (Phi) is 9.79. The number of hydrogen-bond acceptors (Lipinski definition) is 10. The van der Waals surface area contributed by atoms with Gasteiger partial charge in [-0.25, -0.2) is 19.0 Å². The van der Waals surface area contributed by atoms with Crippen molar-refractivity contribution in [3.05, 3.63) is 36.2 Å². The van der Waals surface area contributed by atoms with E-state index >= 15 is 0 Å². The summed E-state index contributed by atoms with van der Waals surface area (Å²) in [6.45, 7) is 10.5. The second-order valence-corrected chi connectivity index (χ2v) is 11.6. The maximum atomic E-state index is 13.8. The molecule has 43 heavy (non-hydrogen) atoms. The van der Waals surface area contributed by atoms with Gasteiger partial charge in [0.2, 0.25) is 0 Å². The van der Waals surface area contributed by atoms with Crippen molar-refractivity contribution in [3.8, 4) is 22.5 Å². The van der Waals surface area contributed by atoms with E-state index in [9.17, 15) is 19.5 Å². The molecule has 2 aromatic heterocycles. The molecule has 3 heterocycles. The number of piperazine rings is 1. The van der Waals surface area contributed by atoms with Crippen LogP contribution in [-0.4, -0.2) is 108 Å². The summed E-state index contributed by atoms with van der Waals surface area (Å²) in [7, 11) is 1.23. The third kappa shape index (κ3) is 7.55. The minimum Gasteiger partial charge on any atom is -0.467 e. The molecule has 1 fully saturated rings. The molecule has 14 heteroatoms. The van der Waals surface area contributed by atoms with E-state index in [0.717, 1.165) is 12.8 Å². The van der Waals surface area contributed by atoms with Gasteiger partial charge in [-0.2, -0.15) is 0 Å². The van der Waals surface area contributed by atoms with Crippen molar-refractivity contribution in [2.75, 3.05) is 39.9 Å². The fourth-order valence-corrected chi connectivity index (χ4v) is 4.79. The Bertz CT molecular complexity index is 1440. The molecule has 232 valence electrons. The van der Waals surface area contributed by atoms with Crippen LogP contribution in [0.3, 0.4) is 0 Å². The minimum absolute atomic E-state index is 0.158. The minimum atomic E-state index is -1.06. The summed E-state index contributed by atoms with van der Waals surface area (Å²) in [5, 5.41) is 26.6. The molecule has 1 aliphatic heterocycles. The summed E-state index contributed by atoms with van der Waals surface area (Å²) in [6.07, 6.45) is 4.91. The van der Waals surface area contributed by atoms with E-state index in [2.05, 4.69) is 34.5 Å². The number of aliphatic hydroxyl groups is 1. The molecule has 0 spiro atoms. The van der Waals surface area contributed by atoms with Crippen LogP contribution in [0.15, 0.2) is 30.6 Å². The molecule has 14 nitrogen and oxygen atoms in total. The van der Waals surface area contributed by atoms with Crippen LogP contribution in [0.4, 0.5) is 4.79 Å². The fraction of sp³-hybridized carbons (Fsp3) is 0.552. The van der Waals surface area contributed by atoms with Gasteiger partial charge >= 0.3 is 12.1 Å². The number of ether oxygens (including phenoxy) is 2. The molecule has 0 saturated carbocycles. The van der Waals surface area contributed by atoms with Crippen molar-refractivity contribution in [2.45, 2.75) is 65.1 Å². The standard InChI is InChI=1S/C29H40N8O6/c1-7-8-19(2)36-16-23(30-32-36)20-13-21(24-17-37(33-31-24)25(18-38)27(40)42-6)15-22(14-20)26(39)34-9-11-35(12-10-34)28(41)43-29(3,4)5/h13-17,19,25,38H,7-12,18H2,1-6H3/t19-,25+/m1/s1. The van der Waals surface area contributed by atoms with Gasteiger partial charge in [-0.3, -0.25) is 4.79 Å². The van der Waals surface area contributed by atoms with E-state index in [1.807, 2.05) is 33.0 Å². The van der Waals surface area contributed by atoms with E-state index < -0.39 is 30.3 Å². The number of aromatic nitrogens is 6. The van der Waals surface area contributed by atoms with Gasteiger partial charge in [0.05, 0.1) is 32.2 Å². The fourth-order valence-electron chi connectivity index (χ4n) is 4.79. The average Bonchev–Trinajstić information content (AvgIpc) is 3.67. The Hall–Kier alpha value is -4.33. The summed E-state index contributed by atoms with van der Waals surface area (Å²) in [5.74, 6) is -0.874. The number of hydrogen-bond donors (Lipinski definition) is 1. The predicted octanol–water partition coefficient (Wildman–Crippen LogP) is 2.96. The Labute approximate surface area is 250 Å². The lowest BCUT2D eigenvalue weighted by Crippen LogP contribution is -2.51. The molecule has 0 aliphatic carbocycles. The molecule has 0 radical (unpaired) electrons. The van der Waals surface area contributed by atoms with E-state index in [0.29, 0.717) is 54.3 Å². The lowest BCUT2D eigenvalue weighted by Gasteiger charge is -2.35.